The third kappa shape index (κ3) is 14.4. The number of allylic oxidation sites excluding steroid dienone is 2. The monoisotopic (exact) mass is 550 g/mol. The Hall–Kier alpha value is -0.417. The van der Waals surface area contributed by atoms with Gasteiger partial charge < -0.3 is 0 Å². The van der Waals surface area contributed by atoms with E-state index >= 15 is 0 Å². The fourth-order valence-electron chi connectivity index (χ4n) is 2.80. The van der Waals surface area contributed by atoms with Crippen LogP contribution in [-0.2, 0) is 0 Å². The average molecular weight is 549 g/mol. The van der Waals surface area contributed by atoms with Crippen molar-refractivity contribution in [3.05, 3.63) is 81.7 Å². The van der Waals surface area contributed by atoms with Crippen LogP contribution in [0.5, 0.6) is 0 Å². The van der Waals surface area contributed by atoms with E-state index in [0.717, 1.165) is 32.5 Å². The van der Waals surface area contributed by atoms with Gasteiger partial charge in [-0.05, 0) is 0 Å². The summed E-state index contributed by atoms with van der Waals surface area (Å²) in [5, 5.41) is 5.62. The van der Waals surface area contributed by atoms with Gasteiger partial charge in [-0.1, -0.05) is 0 Å². The molecular weight excluding hydrogens is 513 g/mol. The summed E-state index contributed by atoms with van der Waals surface area (Å²) >= 11 is 5.73. The fraction of sp³-hybridized carbons (Fsp3) is 0.462. The molecule has 0 nitrogen and oxygen atoms in total. The van der Waals surface area contributed by atoms with Crippen molar-refractivity contribution in [2.75, 3.05) is 35.5 Å². The molecule has 0 atom stereocenters. The molecule has 0 rings (SSSR count). The van der Waals surface area contributed by atoms with Crippen molar-refractivity contribution in [2.24, 2.45) is 0 Å². The molecule has 0 aromatic carbocycles. The molecule has 0 heterocycles. The summed E-state index contributed by atoms with van der Waals surface area (Å²) in [6, 6.07) is 0. The van der Waals surface area contributed by atoms with E-state index in [1.165, 1.54) is 32.5 Å². The standard InChI is InChI=1S/C26H36GeS4/c1-9-11-13-23(3)25(5)30-21-17-27(15-19-28-7,16-20-29-8)18-22-31-26(6)24(4)14-12-10-2/h1-2,5-6,15-22H2,3-4,7-8H3. The Balaban J connectivity index is 5.26. The maximum absolute atomic E-state index is 4.23. The van der Waals surface area contributed by atoms with Gasteiger partial charge in [-0.2, -0.15) is 0 Å². The van der Waals surface area contributed by atoms with Crippen LogP contribution in [0.3, 0.4) is 0 Å². The van der Waals surface area contributed by atoms with E-state index in [4.69, 9.17) is 0 Å². The van der Waals surface area contributed by atoms with Crippen LogP contribution in [0, 0.1) is 0 Å². The van der Waals surface area contributed by atoms with Gasteiger partial charge >= 0.3 is 212 Å². The first-order chi connectivity index (χ1) is 14.9. The summed E-state index contributed by atoms with van der Waals surface area (Å²) in [6.07, 6.45) is 4.46. The summed E-state index contributed by atoms with van der Waals surface area (Å²) < 4.78 is 0. The summed E-state index contributed by atoms with van der Waals surface area (Å²) in [5.74, 6) is 4.86. The van der Waals surface area contributed by atoms with Crippen LogP contribution in [0.25, 0.3) is 0 Å². The van der Waals surface area contributed by atoms with Crippen LogP contribution in [0.4, 0.5) is 0 Å². The van der Waals surface area contributed by atoms with Crippen molar-refractivity contribution in [2.45, 2.75) is 34.9 Å². The Kier molecular flexibility index (Phi) is 18.8. The molecule has 0 amide bonds. The average Bonchev–Trinajstić information content (AvgIpc) is 2.77. The number of hydrogen-bond acceptors (Lipinski definition) is 4. The van der Waals surface area contributed by atoms with Gasteiger partial charge in [0.05, 0.1) is 0 Å². The van der Waals surface area contributed by atoms with Crippen LogP contribution in [0.2, 0.25) is 21.0 Å². The van der Waals surface area contributed by atoms with Crippen molar-refractivity contribution >= 4 is 60.3 Å². The molecule has 0 spiro atoms. The predicted molar refractivity (Wildman–Crippen MR) is 156 cm³/mol. The molecule has 0 bridgehead atoms. The molecule has 31 heavy (non-hydrogen) atoms. The second kappa shape index (κ2) is 19.1. The summed E-state index contributed by atoms with van der Waals surface area (Å²) in [6.45, 7) is 19.6. The zero-order valence-corrected chi connectivity index (χ0v) is 25.0. The van der Waals surface area contributed by atoms with E-state index in [9.17, 15) is 0 Å². The normalized spacial score (nSPS) is 9.94. The fourth-order valence-corrected chi connectivity index (χ4v) is 24.1. The molecule has 168 valence electrons. The molecule has 0 aromatic heterocycles. The first-order valence-electron chi connectivity index (χ1n) is 10.2. The van der Waals surface area contributed by atoms with Gasteiger partial charge in [0, 0.05) is 0 Å². The molecule has 0 saturated heterocycles. The molecule has 0 aliphatic carbocycles. The first kappa shape index (κ1) is 30.6. The Bertz CT molecular complexity index is 774. The maximum atomic E-state index is 4.23. The molecule has 0 unspecified atom stereocenters. The number of hydrogen-bond donors (Lipinski definition) is 0. The van der Waals surface area contributed by atoms with E-state index < -0.39 is 13.3 Å². The van der Waals surface area contributed by atoms with Crippen LogP contribution in [0.1, 0.15) is 13.8 Å². The molecule has 0 aliphatic heterocycles. The minimum atomic E-state index is -2.00. The quantitative estimate of drug-likeness (QED) is 0.107. The Labute approximate surface area is 211 Å². The molecule has 0 radical (unpaired) electrons. The molecule has 0 fully saturated rings. The third-order valence-corrected chi connectivity index (χ3v) is 22.4. The molecule has 5 heteroatoms. The van der Waals surface area contributed by atoms with Gasteiger partial charge in [-0.15, -0.1) is 0 Å². The first-order valence-corrected chi connectivity index (χ1v) is 20.9. The zero-order chi connectivity index (χ0) is 23.5. The predicted octanol–water partition coefficient (Wildman–Crippen LogP) is 8.74. The number of rotatable bonds is 16. The van der Waals surface area contributed by atoms with Gasteiger partial charge in [0.2, 0.25) is 0 Å². The third-order valence-electron chi connectivity index (χ3n) is 5.00. The van der Waals surface area contributed by atoms with Gasteiger partial charge in [-0.25, -0.2) is 0 Å². The van der Waals surface area contributed by atoms with Gasteiger partial charge in [0.1, 0.15) is 0 Å². The van der Waals surface area contributed by atoms with E-state index in [2.05, 4.69) is 73.2 Å². The van der Waals surface area contributed by atoms with Crippen LogP contribution >= 0.6 is 47.0 Å². The molecule has 0 N–H and O–H groups in total. The second-order valence-electron chi connectivity index (χ2n) is 7.13. The molecule has 0 aromatic rings. The number of thioether (sulfide) groups is 4. The van der Waals surface area contributed by atoms with Crippen LogP contribution in [0.15, 0.2) is 81.7 Å². The topological polar surface area (TPSA) is 0 Å². The second-order valence-corrected chi connectivity index (χ2v) is 22.0. The van der Waals surface area contributed by atoms with Crippen LogP contribution in [-0.4, -0.2) is 48.8 Å². The van der Waals surface area contributed by atoms with Crippen molar-refractivity contribution < 1.29 is 0 Å². The summed E-state index contributed by atoms with van der Waals surface area (Å²) in [7, 11) is 0. The molecular formula is C26H36GeS4. The SMILES string of the molecule is C=C=C=C=C(C)C(=C)SC[CH2][Ge]([CH2]CSC)([CH2]CSC)[CH2]CSC(=C)C(C)=C=C=C=C. The van der Waals surface area contributed by atoms with E-state index in [1.54, 1.807) is 0 Å². The Morgan fingerprint density at radius 1 is 0.677 bits per heavy atom. The van der Waals surface area contributed by atoms with Crippen molar-refractivity contribution in [3.63, 3.8) is 0 Å². The zero-order valence-electron chi connectivity index (χ0n) is 19.6. The van der Waals surface area contributed by atoms with Crippen molar-refractivity contribution in [1.82, 2.24) is 0 Å². The van der Waals surface area contributed by atoms with E-state index in [0.29, 0.717) is 0 Å². The Morgan fingerprint density at radius 3 is 1.35 bits per heavy atom. The van der Waals surface area contributed by atoms with Crippen molar-refractivity contribution in [1.29, 1.82) is 0 Å². The van der Waals surface area contributed by atoms with E-state index in [1.807, 2.05) is 60.9 Å². The molecule has 0 aliphatic rings. The van der Waals surface area contributed by atoms with Gasteiger partial charge in [-0.3, -0.25) is 0 Å². The minimum absolute atomic E-state index is 1.03. The van der Waals surface area contributed by atoms with Gasteiger partial charge in [0.25, 0.3) is 0 Å². The summed E-state index contributed by atoms with van der Waals surface area (Å²) in [4.78, 5) is 2.17. The van der Waals surface area contributed by atoms with Crippen molar-refractivity contribution in [3.8, 4) is 0 Å². The molecule has 0 saturated carbocycles. The van der Waals surface area contributed by atoms with E-state index in [-0.39, 0.29) is 0 Å². The van der Waals surface area contributed by atoms with Crippen LogP contribution < -0.4 is 0 Å². The Morgan fingerprint density at radius 2 is 1.03 bits per heavy atom. The van der Waals surface area contributed by atoms with Gasteiger partial charge in [0.15, 0.2) is 0 Å². The summed E-state index contributed by atoms with van der Waals surface area (Å²) in [5.41, 5.74) is 19.1.